The largest absolute Gasteiger partial charge is 0.497 e. The summed E-state index contributed by atoms with van der Waals surface area (Å²) in [5, 5.41) is 9.20. The SMILES string of the molecule is COc1ccc2c(c1)C(=O)N(C[C@@]1(c3cc4cc(C5CCNCC5)ncc4o3)NC(=O)NC1=O)C2. The fourth-order valence-corrected chi connectivity index (χ4v) is 5.25. The lowest BCUT2D eigenvalue weighted by molar-refractivity contribution is -0.125. The summed E-state index contributed by atoms with van der Waals surface area (Å²) in [4.78, 5) is 44.7. The number of rotatable bonds is 5. The summed E-state index contributed by atoms with van der Waals surface area (Å²) in [6, 6.07) is 8.44. The number of pyridine rings is 1. The molecule has 0 unspecified atom stereocenters. The molecule has 4 amide bonds. The van der Waals surface area contributed by atoms with Crippen LogP contribution in [0.4, 0.5) is 4.79 Å². The van der Waals surface area contributed by atoms with E-state index in [0.29, 0.717) is 29.4 Å². The lowest BCUT2D eigenvalue weighted by Gasteiger charge is -2.29. The van der Waals surface area contributed by atoms with Gasteiger partial charge in [0.25, 0.3) is 11.8 Å². The maximum atomic E-state index is 13.2. The van der Waals surface area contributed by atoms with Gasteiger partial charge in [-0.15, -0.1) is 0 Å². The Hall–Kier alpha value is -3.92. The van der Waals surface area contributed by atoms with Crippen molar-refractivity contribution in [2.24, 2.45) is 0 Å². The molecule has 1 atom stereocenters. The number of amides is 4. The maximum absolute atomic E-state index is 13.2. The number of hydrogen-bond acceptors (Lipinski definition) is 7. The molecule has 2 aromatic heterocycles. The summed E-state index contributed by atoms with van der Waals surface area (Å²) in [5.74, 6) is 0.407. The van der Waals surface area contributed by atoms with Crippen molar-refractivity contribution in [3.05, 3.63) is 59.1 Å². The number of carbonyl (C=O) groups is 3. The van der Waals surface area contributed by atoms with Crippen molar-refractivity contribution < 1.29 is 23.5 Å². The first kappa shape index (κ1) is 21.6. The number of nitrogens with one attached hydrogen (secondary N) is 3. The van der Waals surface area contributed by atoms with E-state index in [1.165, 1.54) is 0 Å². The molecular formula is C25H25N5O5. The Morgan fingerprint density at radius 2 is 2.00 bits per heavy atom. The predicted molar refractivity (Wildman–Crippen MR) is 125 cm³/mol. The molecule has 3 aliphatic heterocycles. The molecule has 3 aliphatic rings. The fourth-order valence-electron chi connectivity index (χ4n) is 5.25. The summed E-state index contributed by atoms with van der Waals surface area (Å²) in [6.07, 6.45) is 3.68. The third kappa shape index (κ3) is 3.52. The van der Waals surface area contributed by atoms with Gasteiger partial charge in [0.15, 0.2) is 11.1 Å². The predicted octanol–water partition coefficient (Wildman–Crippen LogP) is 1.99. The van der Waals surface area contributed by atoms with Crippen LogP contribution in [0.15, 0.2) is 40.9 Å². The Kier molecular flexibility index (Phi) is 4.99. The monoisotopic (exact) mass is 475 g/mol. The quantitative estimate of drug-likeness (QED) is 0.482. The number of furan rings is 1. The number of nitrogens with zero attached hydrogens (tertiary/aromatic N) is 2. The molecule has 10 nitrogen and oxygen atoms in total. The number of ether oxygens (including phenoxy) is 1. The van der Waals surface area contributed by atoms with Crippen LogP contribution >= 0.6 is 0 Å². The molecule has 1 aromatic carbocycles. The molecule has 180 valence electrons. The molecule has 0 spiro atoms. The highest BCUT2D eigenvalue weighted by Crippen LogP contribution is 2.36. The van der Waals surface area contributed by atoms with E-state index in [1.807, 2.05) is 12.1 Å². The van der Waals surface area contributed by atoms with Gasteiger partial charge in [-0.1, -0.05) is 6.07 Å². The van der Waals surface area contributed by atoms with Crippen LogP contribution in [-0.4, -0.2) is 54.5 Å². The number of methoxy groups -OCH3 is 1. The Balaban J connectivity index is 1.35. The maximum Gasteiger partial charge on any atom is 0.322 e. The number of fused-ring (bicyclic) bond motifs is 2. The number of hydrogen-bond donors (Lipinski definition) is 3. The van der Waals surface area contributed by atoms with Crippen LogP contribution in [0.5, 0.6) is 5.75 Å². The smallest absolute Gasteiger partial charge is 0.322 e. The second kappa shape index (κ2) is 8.09. The molecule has 0 saturated carbocycles. The van der Waals surface area contributed by atoms with Crippen molar-refractivity contribution in [1.82, 2.24) is 25.8 Å². The summed E-state index contributed by atoms with van der Waals surface area (Å²) in [7, 11) is 1.54. The highest BCUT2D eigenvalue weighted by atomic mass is 16.5. The third-order valence-corrected chi connectivity index (χ3v) is 7.17. The average Bonchev–Trinajstić information content (AvgIpc) is 3.53. The zero-order valence-corrected chi connectivity index (χ0v) is 19.2. The van der Waals surface area contributed by atoms with Crippen LogP contribution in [0.2, 0.25) is 0 Å². The summed E-state index contributed by atoms with van der Waals surface area (Å²) in [6.45, 7) is 2.14. The Morgan fingerprint density at radius 1 is 1.17 bits per heavy atom. The van der Waals surface area contributed by atoms with Gasteiger partial charge in [0.05, 0.1) is 19.9 Å². The molecule has 3 aromatic rings. The van der Waals surface area contributed by atoms with Crippen molar-refractivity contribution in [1.29, 1.82) is 0 Å². The second-order valence-corrected chi connectivity index (χ2v) is 9.28. The number of piperidine rings is 1. The molecular weight excluding hydrogens is 450 g/mol. The number of imide groups is 1. The number of urea groups is 1. The minimum atomic E-state index is -1.55. The summed E-state index contributed by atoms with van der Waals surface area (Å²) < 4.78 is 11.3. The van der Waals surface area contributed by atoms with Gasteiger partial charge in [-0.3, -0.25) is 19.9 Å². The van der Waals surface area contributed by atoms with E-state index in [2.05, 4.69) is 20.9 Å². The van der Waals surface area contributed by atoms with Crippen molar-refractivity contribution in [3.8, 4) is 5.75 Å². The minimum absolute atomic E-state index is 0.0746. The van der Waals surface area contributed by atoms with E-state index in [-0.39, 0.29) is 18.2 Å². The molecule has 0 radical (unpaired) electrons. The lowest BCUT2D eigenvalue weighted by atomic mass is 9.93. The van der Waals surface area contributed by atoms with E-state index >= 15 is 0 Å². The van der Waals surface area contributed by atoms with Crippen molar-refractivity contribution in [2.45, 2.75) is 30.8 Å². The van der Waals surface area contributed by atoms with E-state index in [9.17, 15) is 14.4 Å². The highest BCUT2D eigenvalue weighted by Gasteiger charge is 2.53. The second-order valence-electron chi connectivity index (χ2n) is 9.28. The van der Waals surface area contributed by atoms with Crippen LogP contribution in [0.3, 0.4) is 0 Å². The van der Waals surface area contributed by atoms with Crippen molar-refractivity contribution >= 4 is 28.8 Å². The van der Waals surface area contributed by atoms with Crippen molar-refractivity contribution in [3.63, 3.8) is 0 Å². The molecule has 10 heteroatoms. The van der Waals surface area contributed by atoms with E-state index in [0.717, 1.165) is 42.6 Å². The molecule has 2 saturated heterocycles. The van der Waals surface area contributed by atoms with Gasteiger partial charge in [0.2, 0.25) is 0 Å². The van der Waals surface area contributed by atoms with Crippen LogP contribution in [-0.2, 0) is 16.9 Å². The average molecular weight is 476 g/mol. The van der Waals surface area contributed by atoms with Crippen LogP contribution < -0.4 is 20.7 Å². The van der Waals surface area contributed by atoms with Gasteiger partial charge in [-0.05, 0) is 55.8 Å². The molecule has 3 N–H and O–H groups in total. The lowest BCUT2D eigenvalue weighted by Crippen LogP contribution is -2.52. The summed E-state index contributed by atoms with van der Waals surface area (Å²) in [5.41, 5.74) is 1.30. The normalized spacial score (nSPS) is 22.4. The Labute approximate surface area is 201 Å². The van der Waals surface area contributed by atoms with Gasteiger partial charge in [0.1, 0.15) is 11.5 Å². The van der Waals surface area contributed by atoms with Crippen molar-refractivity contribution in [2.75, 3.05) is 26.7 Å². The van der Waals surface area contributed by atoms with Gasteiger partial charge in [0, 0.05) is 29.1 Å². The molecule has 0 bridgehead atoms. The molecule has 35 heavy (non-hydrogen) atoms. The van der Waals surface area contributed by atoms with E-state index in [4.69, 9.17) is 9.15 Å². The summed E-state index contributed by atoms with van der Waals surface area (Å²) >= 11 is 0. The number of carbonyl (C=O) groups excluding carboxylic acids is 3. The van der Waals surface area contributed by atoms with E-state index < -0.39 is 17.5 Å². The third-order valence-electron chi connectivity index (χ3n) is 7.17. The number of benzene rings is 1. The zero-order valence-electron chi connectivity index (χ0n) is 19.2. The first-order valence-electron chi connectivity index (χ1n) is 11.7. The first-order chi connectivity index (χ1) is 17.0. The highest BCUT2D eigenvalue weighted by molar-refractivity contribution is 6.08. The molecule has 6 rings (SSSR count). The zero-order chi connectivity index (χ0) is 24.2. The van der Waals surface area contributed by atoms with Crippen LogP contribution in [0.1, 0.15) is 46.1 Å². The molecule has 0 aliphatic carbocycles. The van der Waals surface area contributed by atoms with Gasteiger partial charge < -0.3 is 24.7 Å². The van der Waals surface area contributed by atoms with Gasteiger partial charge in [-0.25, -0.2) is 4.79 Å². The van der Waals surface area contributed by atoms with Gasteiger partial charge in [-0.2, -0.15) is 0 Å². The van der Waals surface area contributed by atoms with Crippen LogP contribution in [0.25, 0.3) is 11.0 Å². The Bertz CT molecular complexity index is 1360. The topological polar surface area (TPSA) is 126 Å². The number of aromatic nitrogens is 1. The first-order valence-corrected chi connectivity index (χ1v) is 11.7. The molecule has 5 heterocycles. The van der Waals surface area contributed by atoms with Gasteiger partial charge >= 0.3 is 6.03 Å². The Morgan fingerprint density at radius 3 is 2.74 bits per heavy atom. The standard InChI is InChI=1S/C25H25N5O5/c1-34-17-3-2-15-12-30(22(31)18(15)10-17)13-25(23(32)28-24(33)29-25)21-9-16-8-19(27-11-20(16)35-21)14-4-6-26-7-5-14/h2-3,8-11,14,26H,4-7,12-13H2,1H3,(H2,28,29,32,33)/t25-/m0/s1. The minimum Gasteiger partial charge on any atom is -0.497 e. The molecule has 2 fully saturated rings. The van der Waals surface area contributed by atoms with E-state index in [1.54, 1.807) is 36.4 Å². The fraction of sp³-hybridized carbons (Fsp3) is 0.360. The van der Waals surface area contributed by atoms with Crippen LogP contribution in [0, 0.1) is 0 Å².